The lowest BCUT2D eigenvalue weighted by Crippen LogP contribution is -2.19. The number of benzene rings is 2. The van der Waals surface area contributed by atoms with Crippen molar-refractivity contribution in [3.63, 3.8) is 0 Å². The van der Waals surface area contributed by atoms with Gasteiger partial charge in [0.2, 0.25) is 11.3 Å². The molecule has 166 valence electrons. The molecule has 1 amide bonds. The maximum atomic E-state index is 12.7. The largest absolute Gasteiger partial charge is 0.491 e. The van der Waals surface area contributed by atoms with Crippen molar-refractivity contribution in [1.82, 2.24) is 19.7 Å². The molecule has 4 aromatic rings. The molecular weight excluding hydrogens is 418 g/mol. The van der Waals surface area contributed by atoms with E-state index < -0.39 is 5.91 Å². The third kappa shape index (κ3) is 4.79. The van der Waals surface area contributed by atoms with E-state index >= 15 is 0 Å². The van der Waals surface area contributed by atoms with Crippen LogP contribution >= 0.6 is 0 Å². The summed E-state index contributed by atoms with van der Waals surface area (Å²) in [5.74, 6) is 0.362. The Kier molecular flexibility index (Phi) is 6.26. The number of nitrogens with zero attached hydrogens (tertiary/aromatic N) is 4. The van der Waals surface area contributed by atoms with Crippen LogP contribution in [0.1, 0.15) is 41.4 Å². The minimum atomic E-state index is -0.528. The van der Waals surface area contributed by atoms with Crippen LogP contribution in [-0.2, 0) is 0 Å². The second kappa shape index (κ2) is 9.44. The Hall–Kier alpha value is -4.33. The van der Waals surface area contributed by atoms with Crippen molar-refractivity contribution in [3.8, 4) is 22.8 Å². The van der Waals surface area contributed by atoms with Crippen molar-refractivity contribution in [2.75, 3.05) is 6.61 Å². The fourth-order valence-corrected chi connectivity index (χ4v) is 3.48. The summed E-state index contributed by atoms with van der Waals surface area (Å²) in [4.78, 5) is 32.9. The van der Waals surface area contributed by atoms with Gasteiger partial charge in [0.1, 0.15) is 5.69 Å². The summed E-state index contributed by atoms with van der Waals surface area (Å²) in [6.45, 7) is 4.37. The van der Waals surface area contributed by atoms with E-state index in [0.717, 1.165) is 11.1 Å². The van der Waals surface area contributed by atoms with Gasteiger partial charge >= 0.3 is 0 Å². The average molecular weight is 441 g/mol. The minimum absolute atomic E-state index is 0.174. The molecule has 0 saturated heterocycles. The van der Waals surface area contributed by atoms with Gasteiger partial charge in [0.25, 0.3) is 0 Å². The molecule has 8 heteroatoms. The van der Waals surface area contributed by atoms with Crippen LogP contribution < -0.4 is 15.9 Å². The van der Waals surface area contributed by atoms with Gasteiger partial charge in [0.05, 0.1) is 24.7 Å². The van der Waals surface area contributed by atoms with E-state index in [1.807, 2.05) is 38.1 Å². The maximum Gasteiger partial charge on any atom is 0.248 e. The lowest BCUT2D eigenvalue weighted by atomic mass is 9.95. The first-order chi connectivity index (χ1) is 16.0. The van der Waals surface area contributed by atoms with Crippen molar-refractivity contribution in [3.05, 3.63) is 100 Å². The highest BCUT2D eigenvalue weighted by atomic mass is 16.5. The Balaban J connectivity index is 1.67. The molecular formula is C25H23N5O3. The quantitative estimate of drug-likeness (QED) is 0.471. The number of carbonyl (C=O) groups is 1. The van der Waals surface area contributed by atoms with Crippen molar-refractivity contribution in [2.24, 2.45) is 5.73 Å². The molecule has 0 spiro atoms. The van der Waals surface area contributed by atoms with Crippen molar-refractivity contribution >= 4 is 5.91 Å². The summed E-state index contributed by atoms with van der Waals surface area (Å²) >= 11 is 0. The predicted octanol–water partition coefficient (Wildman–Crippen LogP) is 3.34. The second-order valence-electron chi connectivity index (χ2n) is 7.45. The van der Waals surface area contributed by atoms with Gasteiger partial charge < -0.3 is 10.5 Å². The number of hydrogen-bond donors (Lipinski definition) is 1. The summed E-state index contributed by atoms with van der Waals surface area (Å²) in [5.41, 5.74) is 8.33. The van der Waals surface area contributed by atoms with Gasteiger partial charge in [-0.05, 0) is 36.8 Å². The van der Waals surface area contributed by atoms with Crippen LogP contribution in [0, 0.1) is 0 Å². The summed E-state index contributed by atoms with van der Waals surface area (Å²) < 4.78 is 6.97. The van der Waals surface area contributed by atoms with Crippen LogP contribution in [0.15, 0.2) is 78.0 Å². The Bertz CT molecular complexity index is 1350. The number of aromatic nitrogens is 4. The molecule has 0 fully saturated rings. The van der Waals surface area contributed by atoms with Gasteiger partial charge in [0.15, 0.2) is 11.6 Å². The molecule has 0 radical (unpaired) electrons. The Labute approximate surface area is 190 Å². The molecule has 1 atom stereocenters. The maximum absolute atomic E-state index is 12.7. The molecule has 0 aliphatic rings. The Morgan fingerprint density at radius 2 is 1.85 bits per heavy atom. The molecule has 33 heavy (non-hydrogen) atoms. The number of ether oxygens (including phenoxy) is 1. The Morgan fingerprint density at radius 1 is 1.09 bits per heavy atom. The highest BCUT2D eigenvalue weighted by molar-refractivity contribution is 5.93. The summed E-state index contributed by atoms with van der Waals surface area (Å²) in [6, 6.07) is 16.0. The number of amides is 1. The average Bonchev–Trinajstić information content (AvgIpc) is 2.85. The van der Waals surface area contributed by atoms with Crippen molar-refractivity contribution < 1.29 is 9.53 Å². The molecule has 2 aromatic carbocycles. The van der Waals surface area contributed by atoms with Gasteiger partial charge in [-0.25, -0.2) is 14.6 Å². The van der Waals surface area contributed by atoms with Crippen LogP contribution in [0.2, 0.25) is 0 Å². The smallest absolute Gasteiger partial charge is 0.248 e. The van der Waals surface area contributed by atoms with E-state index in [-0.39, 0.29) is 11.3 Å². The zero-order valence-electron chi connectivity index (χ0n) is 18.3. The van der Waals surface area contributed by atoms with Crippen LogP contribution in [-0.4, -0.2) is 32.3 Å². The standard InChI is InChI=1S/C25H23N5O3/c1-3-33-21-14-27-25(28-15-21)19-8-4-6-17(12-19)16(2)23-22(31)10-11-30(29-23)20-9-5-7-18(13-20)24(26)32/h4-16H,3H2,1-2H3,(H2,26,32). The summed E-state index contributed by atoms with van der Waals surface area (Å²) in [6.07, 6.45) is 4.85. The highest BCUT2D eigenvalue weighted by Gasteiger charge is 2.16. The monoisotopic (exact) mass is 441 g/mol. The molecule has 2 aromatic heterocycles. The molecule has 0 aliphatic heterocycles. The van der Waals surface area contributed by atoms with E-state index in [1.54, 1.807) is 47.5 Å². The third-order valence-corrected chi connectivity index (χ3v) is 5.22. The summed E-state index contributed by atoms with van der Waals surface area (Å²) in [7, 11) is 0. The minimum Gasteiger partial charge on any atom is -0.491 e. The van der Waals surface area contributed by atoms with Crippen LogP contribution in [0.5, 0.6) is 5.75 Å². The normalized spacial score (nSPS) is 11.7. The van der Waals surface area contributed by atoms with Gasteiger partial charge in [-0.3, -0.25) is 9.59 Å². The van der Waals surface area contributed by atoms with E-state index in [1.165, 1.54) is 6.07 Å². The molecule has 4 rings (SSSR count). The fourth-order valence-electron chi connectivity index (χ4n) is 3.48. The first kappa shape index (κ1) is 21.9. The topological polar surface area (TPSA) is 113 Å². The number of hydrogen-bond acceptors (Lipinski definition) is 6. The Morgan fingerprint density at radius 3 is 2.58 bits per heavy atom. The first-order valence-corrected chi connectivity index (χ1v) is 10.5. The molecule has 2 N–H and O–H groups in total. The van der Waals surface area contributed by atoms with Crippen molar-refractivity contribution in [2.45, 2.75) is 19.8 Å². The van der Waals surface area contributed by atoms with Crippen LogP contribution in [0.25, 0.3) is 17.1 Å². The molecule has 2 heterocycles. The first-order valence-electron chi connectivity index (χ1n) is 10.5. The van der Waals surface area contributed by atoms with E-state index in [0.29, 0.717) is 35.1 Å². The van der Waals surface area contributed by atoms with Gasteiger partial charge in [-0.2, -0.15) is 5.10 Å². The molecule has 8 nitrogen and oxygen atoms in total. The van der Waals surface area contributed by atoms with Crippen LogP contribution in [0.3, 0.4) is 0 Å². The molecule has 0 bridgehead atoms. The SMILES string of the molecule is CCOc1cnc(-c2cccc(C(C)c3nn(-c4cccc(C(N)=O)c4)ccc3=O)c2)nc1. The van der Waals surface area contributed by atoms with Gasteiger partial charge in [0, 0.05) is 29.3 Å². The molecule has 1 unspecified atom stereocenters. The van der Waals surface area contributed by atoms with Gasteiger partial charge in [-0.1, -0.05) is 31.2 Å². The fraction of sp³-hybridized carbons (Fsp3) is 0.160. The van der Waals surface area contributed by atoms with E-state index in [2.05, 4.69) is 15.1 Å². The number of rotatable bonds is 7. The molecule has 0 aliphatic carbocycles. The predicted molar refractivity (Wildman–Crippen MR) is 125 cm³/mol. The number of primary amides is 1. The zero-order chi connectivity index (χ0) is 23.4. The number of carbonyl (C=O) groups excluding carboxylic acids is 1. The van der Waals surface area contributed by atoms with E-state index in [9.17, 15) is 9.59 Å². The van der Waals surface area contributed by atoms with E-state index in [4.69, 9.17) is 10.5 Å². The summed E-state index contributed by atoms with van der Waals surface area (Å²) in [5, 5.41) is 4.56. The lowest BCUT2D eigenvalue weighted by molar-refractivity contribution is 0.1000. The zero-order valence-corrected chi connectivity index (χ0v) is 18.3. The van der Waals surface area contributed by atoms with Crippen LogP contribution in [0.4, 0.5) is 0 Å². The third-order valence-electron chi connectivity index (χ3n) is 5.22. The number of nitrogens with two attached hydrogens (primary N) is 1. The van der Waals surface area contributed by atoms with Gasteiger partial charge in [-0.15, -0.1) is 0 Å². The van der Waals surface area contributed by atoms with Crippen molar-refractivity contribution in [1.29, 1.82) is 0 Å². The lowest BCUT2D eigenvalue weighted by Gasteiger charge is -2.14. The second-order valence-corrected chi connectivity index (χ2v) is 7.45. The molecule has 0 saturated carbocycles. The highest BCUT2D eigenvalue weighted by Crippen LogP contribution is 2.25.